The maximum Gasteiger partial charge on any atom is 0.0721 e. The van der Waals surface area contributed by atoms with E-state index in [0.717, 1.165) is 25.7 Å². The number of aliphatic hydroxyl groups is 1. The first-order valence-electron chi connectivity index (χ1n) is 10.9. The van der Waals surface area contributed by atoms with Crippen LogP contribution in [0, 0.1) is 5.92 Å². The van der Waals surface area contributed by atoms with Crippen molar-refractivity contribution in [2.45, 2.75) is 50.5 Å². The Balaban J connectivity index is 1.74. The van der Waals surface area contributed by atoms with Crippen LogP contribution in [0.3, 0.4) is 0 Å². The second kappa shape index (κ2) is 8.20. The summed E-state index contributed by atoms with van der Waals surface area (Å²) in [7, 11) is 4.27. The van der Waals surface area contributed by atoms with Crippen molar-refractivity contribution in [2.75, 3.05) is 19.0 Å². The molecular formula is C27H33NO. The molecule has 29 heavy (non-hydrogen) atoms. The minimum Gasteiger partial charge on any atom is -0.389 e. The highest BCUT2D eigenvalue weighted by Gasteiger charge is 2.42. The van der Waals surface area contributed by atoms with Crippen LogP contribution in [0.15, 0.2) is 66.7 Å². The van der Waals surface area contributed by atoms with Gasteiger partial charge in [0.15, 0.2) is 0 Å². The predicted octanol–water partition coefficient (Wildman–Crippen LogP) is 6.17. The van der Waals surface area contributed by atoms with Gasteiger partial charge in [-0.1, -0.05) is 86.5 Å². The number of hydrogen-bond acceptors (Lipinski definition) is 2. The first-order valence-corrected chi connectivity index (χ1v) is 10.9. The molecule has 1 saturated carbocycles. The average Bonchev–Trinajstić information content (AvgIpc) is 2.73. The first-order chi connectivity index (χ1) is 14.0. The molecule has 152 valence electrons. The SMILES string of the molecule is CC(c1ccc2ccccc2c1N(C)C)C1CCCCC1(O)Cc1ccccc1. The highest BCUT2D eigenvalue weighted by atomic mass is 16.3. The molecule has 0 bridgehead atoms. The second-order valence-corrected chi connectivity index (χ2v) is 9.03. The van der Waals surface area contributed by atoms with Crippen molar-refractivity contribution in [3.63, 3.8) is 0 Å². The van der Waals surface area contributed by atoms with E-state index in [9.17, 15) is 5.11 Å². The maximum atomic E-state index is 11.8. The molecule has 0 amide bonds. The van der Waals surface area contributed by atoms with Gasteiger partial charge in [-0.3, -0.25) is 0 Å². The molecule has 2 heteroatoms. The van der Waals surface area contributed by atoms with Crippen molar-refractivity contribution >= 4 is 16.5 Å². The minimum atomic E-state index is -0.645. The van der Waals surface area contributed by atoms with E-state index in [1.807, 2.05) is 6.07 Å². The van der Waals surface area contributed by atoms with Crippen LogP contribution in [0.4, 0.5) is 5.69 Å². The Morgan fingerprint density at radius 3 is 2.45 bits per heavy atom. The monoisotopic (exact) mass is 387 g/mol. The zero-order chi connectivity index (χ0) is 20.4. The molecule has 0 radical (unpaired) electrons. The molecule has 1 aliphatic carbocycles. The van der Waals surface area contributed by atoms with Gasteiger partial charge in [-0.15, -0.1) is 0 Å². The van der Waals surface area contributed by atoms with Gasteiger partial charge in [-0.25, -0.2) is 0 Å². The normalized spacial score (nSPS) is 23.1. The summed E-state index contributed by atoms with van der Waals surface area (Å²) in [5, 5.41) is 14.4. The van der Waals surface area contributed by atoms with Crippen LogP contribution >= 0.6 is 0 Å². The fraction of sp³-hybridized carbons (Fsp3) is 0.407. The molecule has 1 N–H and O–H groups in total. The molecule has 3 aromatic carbocycles. The molecule has 0 aromatic heterocycles. The van der Waals surface area contributed by atoms with Crippen molar-refractivity contribution in [1.82, 2.24) is 0 Å². The molecule has 2 nitrogen and oxygen atoms in total. The lowest BCUT2D eigenvalue weighted by atomic mass is 9.65. The fourth-order valence-electron chi connectivity index (χ4n) is 5.49. The van der Waals surface area contributed by atoms with Gasteiger partial charge in [-0.2, -0.15) is 0 Å². The summed E-state index contributed by atoms with van der Waals surface area (Å²) in [6.45, 7) is 2.32. The van der Waals surface area contributed by atoms with Gasteiger partial charge in [0.1, 0.15) is 0 Å². The molecule has 3 aromatic rings. The van der Waals surface area contributed by atoms with Gasteiger partial charge in [0, 0.05) is 31.6 Å². The van der Waals surface area contributed by atoms with Crippen molar-refractivity contribution in [3.05, 3.63) is 77.9 Å². The summed E-state index contributed by atoms with van der Waals surface area (Å²) in [5.41, 5.74) is 3.24. The van der Waals surface area contributed by atoms with E-state index >= 15 is 0 Å². The predicted molar refractivity (Wildman–Crippen MR) is 124 cm³/mol. The zero-order valence-electron chi connectivity index (χ0n) is 17.9. The van der Waals surface area contributed by atoms with E-state index < -0.39 is 5.60 Å². The van der Waals surface area contributed by atoms with E-state index in [-0.39, 0.29) is 5.92 Å². The highest BCUT2D eigenvalue weighted by molar-refractivity contribution is 5.96. The lowest BCUT2D eigenvalue weighted by molar-refractivity contribution is -0.0563. The third kappa shape index (κ3) is 3.91. The molecule has 0 spiro atoms. The van der Waals surface area contributed by atoms with E-state index in [0.29, 0.717) is 5.92 Å². The Labute approximate surface area is 175 Å². The molecule has 4 rings (SSSR count). The summed E-state index contributed by atoms with van der Waals surface area (Å²) < 4.78 is 0. The van der Waals surface area contributed by atoms with Gasteiger partial charge >= 0.3 is 0 Å². The van der Waals surface area contributed by atoms with Crippen molar-refractivity contribution < 1.29 is 5.11 Å². The van der Waals surface area contributed by atoms with Crippen LogP contribution in [0.5, 0.6) is 0 Å². The largest absolute Gasteiger partial charge is 0.389 e. The van der Waals surface area contributed by atoms with Gasteiger partial charge in [0.25, 0.3) is 0 Å². The van der Waals surface area contributed by atoms with Crippen molar-refractivity contribution in [3.8, 4) is 0 Å². The molecule has 3 atom stereocenters. The van der Waals surface area contributed by atoms with Crippen LogP contribution in [0.2, 0.25) is 0 Å². The number of nitrogens with zero attached hydrogens (tertiary/aromatic N) is 1. The van der Waals surface area contributed by atoms with E-state index in [4.69, 9.17) is 0 Å². The second-order valence-electron chi connectivity index (χ2n) is 9.03. The van der Waals surface area contributed by atoms with Crippen LogP contribution in [0.1, 0.15) is 49.7 Å². The van der Waals surface area contributed by atoms with E-state index in [2.05, 4.69) is 86.6 Å². The molecular weight excluding hydrogens is 354 g/mol. The fourth-order valence-corrected chi connectivity index (χ4v) is 5.49. The molecule has 1 aliphatic rings. The van der Waals surface area contributed by atoms with Crippen LogP contribution in [-0.4, -0.2) is 24.8 Å². The zero-order valence-corrected chi connectivity index (χ0v) is 17.9. The minimum absolute atomic E-state index is 0.260. The first kappa shape index (κ1) is 20.0. The lowest BCUT2D eigenvalue weighted by Crippen LogP contribution is -2.45. The Bertz CT molecular complexity index is 965. The summed E-state index contributed by atoms with van der Waals surface area (Å²) >= 11 is 0. The van der Waals surface area contributed by atoms with Gasteiger partial charge < -0.3 is 10.0 Å². The highest BCUT2D eigenvalue weighted by Crippen LogP contribution is 2.47. The summed E-state index contributed by atoms with van der Waals surface area (Å²) in [5.74, 6) is 0.558. The van der Waals surface area contributed by atoms with E-state index in [1.165, 1.54) is 34.0 Å². The summed E-state index contributed by atoms with van der Waals surface area (Å²) in [6, 6.07) is 23.7. The van der Waals surface area contributed by atoms with Gasteiger partial charge in [0.05, 0.1) is 5.60 Å². The van der Waals surface area contributed by atoms with Crippen LogP contribution < -0.4 is 4.90 Å². The van der Waals surface area contributed by atoms with Crippen LogP contribution in [0.25, 0.3) is 10.8 Å². The third-order valence-corrected chi connectivity index (χ3v) is 6.89. The van der Waals surface area contributed by atoms with Crippen molar-refractivity contribution in [1.29, 1.82) is 0 Å². The Hall–Kier alpha value is -2.32. The number of fused-ring (bicyclic) bond motifs is 1. The Kier molecular flexibility index (Phi) is 5.65. The summed E-state index contributed by atoms with van der Waals surface area (Å²) in [4.78, 5) is 2.24. The lowest BCUT2D eigenvalue weighted by Gasteiger charge is -2.44. The molecule has 3 unspecified atom stereocenters. The smallest absolute Gasteiger partial charge is 0.0721 e. The molecule has 0 aliphatic heterocycles. The topological polar surface area (TPSA) is 23.5 Å². The number of hydrogen-bond donors (Lipinski definition) is 1. The third-order valence-electron chi connectivity index (χ3n) is 6.89. The standard InChI is InChI=1S/C27H33NO/c1-20(23-17-16-22-13-7-8-14-24(22)26(23)28(2)3)25-15-9-10-18-27(25,29)19-21-11-5-4-6-12-21/h4-8,11-14,16-17,20,25,29H,9-10,15,18-19H2,1-3H3. The summed E-state index contributed by atoms with van der Waals surface area (Å²) in [6.07, 6.45) is 5.04. The molecule has 0 heterocycles. The number of benzene rings is 3. The quantitative estimate of drug-likeness (QED) is 0.565. The average molecular weight is 388 g/mol. The van der Waals surface area contributed by atoms with Gasteiger partial charge in [-0.05, 0) is 41.2 Å². The van der Waals surface area contributed by atoms with Crippen molar-refractivity contribution in [2.24, 2.45) is 5.92 Å². The van der Waals surface area contributed by atoms with E-state index in [1.54, 1.807) is 0 Å². The molecule has 1 fully saturated rings. The Morgan fingerprint density at radius 1 is 0.966 bits per heavy atom. The number of anilines is 1. The maximum absolute atomic E-state index is 11.8. The van der Waals surface area contributed by atoms with Crippen LogP contribution in [-0.2, 0) is 6.42 Å². The van der Waals surface area contributed by atoms with Gasteiger partial charge in [0.2, 0.25) is 0 Å². The Morgan fingerprint density at radius 2 is 1.69 bits per heavy atom. The number of rotatable bonds is 5. The molecule has 0 saturated heterocycles.